The van der Waals surface area contributed by atoms with E-state index in [-0.39, 0.29) is 17.8 Å². The summed E-state index contributed by atoms with van der Waals surface area (Å²) in [4.78, 5) is 13.1. The average Bonchev–Trinajstić information content (AvgIpc) is 2.18. The summed E-state index contributed by atoms with van der Waals surface area (Å²) in [5.74, 6) is -1.41. The first-order valence-corrected chi connectivity index (χ1v) is 4.35. The predicted molar refractivity (Wildman–Crippen MR) is 50.2 cm³/mol. The van der Waals surface area contributed by atoms with Crippen molar-refractivity contribution in [2.24, 2.45) is 5.73 Å². The maximum Gasteiger partial charge on any atom is 0.573 e. The summed E-state index contributed by atoms with van der Waals surface area (Å²) in [7, 11) is 0. The van der Waals surface area contributed by atoms with Crippen molar-refractivity contribution in [3.05, 3.63) is 27.4 Å². The molecule has 1 rings (SSSR count). The van der Waals surface area contributed by atoms with Gasteiger partial charge in [-0.3, -0.25) is 0 Å². The molecule has 17 heavy (non-hydrogen) atoms. The monoisotopic (exact) mass is 251 g/mol. The molecule has 0 aliphatic rings. The van der Waals surface area contributed by atoms with Gasteiger partial charge < -0.3 is 20.6 Å². The van der Waals surface area contributed by atoms with Crippen LogP contribution in [0.1, 0.15) is 11.3 Å². The third-order valence-corrected chi connectivity index (χ3v) is 1.92. The molecule has 0 amide bonds. The highest BCUT2D eigenvalue weighted by molar-refractivity contribution is 5.42. The summed E-state index contributed by atoms with van der Waals surface area (Å²) in [6, 6.07) is 0.613. The number of rotatable bonds is 3. The molecule has 0 saturated carbocycles. The second kappa shape index (κ2) is 4.53. The van der Waals surface area contributed by atoms with E-state index in [1.165, 1.54) is 6.92 Å². The van der Waals surface area contributed by atoms with Crippen LogP contribution in [0.4, 0.5) is 19.0 Å². The van der Waals surface area contributed by atoms with E-state index in [2.05, 4.69) is 9.72 Å². The number of ether oxygens (including phenoxy) is 1. The van der Waals surface area contributed by atoms with Crippen molar-refractivity contribution >= 4 is 5.82 Å². The van der Waals surface area contributed by atoms with Crippen LogP contribution in [-0.4, -0.2) is 16.3 Å². The molecule has 0 fully saturated rings. The molecule has 0 aromatic carbocycles. The molecule has 0 saturated heterocycles. The van der Waals surface area contributed by atoms with Crippen LogP contribution >= 0.6 is 0 Å². The summed E-state index contributed by atoms with van der Waals surface area (Å²) >= 11 is 0. The number of nitro groups is 1. The Hall–Kier alpha value is -1.90. The van der Waals surface area contributed by atoms with E-state index in [9.17, 15) is 23.3 Å². The van der Waals surface area contributed by atoms with Gasteiger partial charge in [0.25, 0.3) is 0 Å². The molecule has 1 aromatic rings. The van der Waals surface area contributed by atoms with Crippen molar-refractivity contribution < 1.29 is 22.8 Å². The van der Waals surface area contributed by atoms with Crippen LogP contribution in [0, 0.1) is 17.0 Å². The van der Waals surface area contributed by atoms with Gasteiger partial charge in [0, 0.05) is 5.56 Å². The number of aromatic nitrogens is 1. The summed E-state index contributed by atoms with van der Waals surface area (Å²) in [5, 5.41) is 10.5. The summed E-state index contributed by atoms with van der Waals surface area (Å²) < 4.78 is 39.8. The van der Waals surface area contributed by atoms with E-state index in [0.717, 1.165) is 0 Å². The topological polar surface area (TPSA) is 91.3 Å². The Labute approximate surface area is 93.3 Å². The molecule has 0 aliphatic carbocycles. The fourth-order valence-electron chi connectivity index (χ4n) is 1.15. The van der Waals surface area contributed by atoms with Gasteiger partial charge in [-0.2, -0.15) is 0 Å². The SMILES string of the molecule is Cc1c(OC(F)(F)F)cc([N+](=O)[O-])nc1CN. The maximum absolute atomic E-state index is 12.0. The zero-order valence-corrected chi connectivity index (χ0v) is 8.61. The van der Waals surface area contributed by atoms with Gasteiger partial charge in [-0.1, -0.05) is 0 Å². The van der Waals surface area contributed by atoms with Gasteiger partial charge in [0.15, 0.2) is 5.69 Å². The first-order chi connectivity index (χ1) is 7.74. The summed E-state index contributed by atoms with van der Waals surface area (Å²) in [6.45, 7) is 1.07. The molecular formula is C8H8F3N3O3. The summed E-state index contributed by atoms with van der Waals surface area (Å²) in [5.41, 5.74) is 5.24. The number of hydrogen-bond donors (Lipinski definition) is 1. The highest BCUT2D eigenvalue weighted by atomic mass is 19.4. The smallest absolute Gasteiger partial charge is 0.405 e. The van der Waals surface area contributed by atoms with Gasteiger partial charge in [0.05, 0.1) is 12.6 Å². The van der Waals surface area contributed by atoms with E-state index in [0.29, 0.717) is 6.07 Å². The largest absolute Gasteiger partial charge is 0.573 e. The van der Waals surface area contributed by atoms with Crippen molar-refractivity contribution in [1.82, 2.24) is 4.98 Å². The van der Waals surface area contributed by atoms with E-state index in [1.807, 2.05) is 0 Å². The molecule has 9 heteroatoms. The Morgan fingerprint density at radius 1 is 1.59 bits per heavy atom. The first-order valence-electron chi connectivity index (χ1n) is 4.35. The van der Waals surface area contributed by atoms with Crippen molar-refractivity contribution in [2.45, 2.75) is 19.8 Å². The van der Waals surface area contributed by atoms with E-state index < -0.39 is 22.9 Å². The molecule has 0 aliphatic heterocycles. The molecule has 1 heterocycles. The van der Waals surface area contributed by atoms with Crippen LogP contribution in [0.3, 0.4) is 0 Å². The predicted octanol–water partition coefficient (Wildman–Crippen LogP) is 1.66. The van der Waals surface area contributed by atoms with Crippen LogP contribution in [-0.2, 0) is 6.54 Å². The van der Waals surface area contributed by atoms with E-state index >= 15 is 0 Å². The molecule has 2 N–H and O–H groups in total. The molecular weight excluding hydrogens is 243 g/mol. The van der Waals surface area contributed by atoms with Crippen molar-refractivity contribution in [1.29, 1.82) is 0 Å². The Bertz CT molecular complexity index is 448. The fourth-order valence-corrected chi connectivity index (χ4v) is 1.15. The molecule has 0 spiro atoms. The number of pyridine rings is 1. The zero-order valence-electron chi connectivity index (χ0n) is 8.61. The van der Waals surface area contributed by atoms with Gasteiger partial charge in [0.2, 0.25) is 0 Å². The fraction of sp³-hybridized carbons (Fsp3) is 0.375. The molecule has 0 radical (unpaired) electrons. The highest BCUT2D eigenvalue weighted by Gasteiger charge is 2.33. The number of alkyl halides is 3. The number of hydrogen-bond acceptors (Lipinski definition) is 5. The molecule has 1 aromatic heterocycles. The summed E-state index contributed by atoms with van der Waals surface area (Å²) in [6.07, 6.45) is -4.92. The van der Waals surface area contributed by atoms with Crippen molar-refractivity contribution in [2.75, 3.05) is 0 Å². The lowest BCUT2D eigenvalue weighted by Gasteiger charge is -2.11. The second-order valence-corrected chi connectivity index (χ2v) is 3.06. The first kappa shape index (κ1) is 13.2. The van der Waals surface area contributed by atoms with Gasteiger partial charge >= 0.3 is 12.2 Å². The molecule has 6 nitrogen and oxygen atoms in total. The standard InChI is InChI=1S/C8H8F3N3O3/c1-4-5(3-12)13-7(14(15)16)2-6(4)17-8(9,10)11/h2H,3,12H2,1H3. The Morgan fingerprint density at radius 2 is 2.18 bits per heavy atom. The minimum atomic E-state index is -4.92. The van der Waals surface area contributed by atoms with E-state index in [1.54, 1.807) is 0 Å². The van der Waals surface area contributed by atoms with Gasteiger partial charge in [-0.05, 0) is 16.8 Å². The van der Waals surface area contributed by atoms with Crippen molar-refractivity contribution in [3.63, 3.8) is 0 Å². The van der Waals surface area contributed by atoms with Gasteiger partial charge in [-0.15, -0.1) is 13.2 Å². The minimum Gasteiger partial charge on any atom is -0.405 e. The lowest BCUT2D eigenvalue weighted by atomic mass is 10.2. The third-order valence-electron chi connectivity index (χ3n) is 1.92. The number of halogens is 3. The number of nitrogens with two attached hydrogens (primary N) is 1. The molecule has 94 valence electrons. The molecule has 0 bridgehead atoms. The van der Waals surface area contributed by atoms with Crippen LogP contribution < -0.4 is 10.5 Å². The third kappa shape index (κ3) is 3.28. The van der Waals surface area contributed by atoms with Gasteiger partial charge in [-0.25, -0.2) is 0 Å². The van der Waals surface area contributed by atoms with E-state index in [4.69, 9.17) is 5.73 Å². The lowest BCUT2D eigenvalue weighted by molar-refractivity contribution is -0.389. The second-order valence-electron chi connectivity index (χ2n) is 3.06. The van der Waals surface area contributed by atoms with Crippen LogP contribution in [0.2, 0.25) is 0 Å². The van der Waals surface area contributed by atoms with Crippen LogP contribution in [0.15, 0.2) is 6.07 Å². The molecule has 0 unspecified atom stereocenters. The Balaban J connectivity index is 3.28. The lowest BCUT2D eigenvalue weighted by Crippen LogP contribution is -2.19. The normalized spacial score (nSPS) is 11.4. The Kier molecular flexibility index (Phi) is 3.51. The van der Waals surface area contributed by atoms with Crippen LogP contribution in [0.25, 0.3) is 0 Å². The van der Waals surface area contributed by atoms with Gasteiger partial charge in [0.1, 0.15) is 5.75 Å². The van der Waals surface area contributed by atoms with Crippen LogP contribution in [0.5, 0.6) is 5.75 Å². The number of nitrogens with zero attached hydrogens (tertiary/aromatic N) is 2. The van der Waals surface area contributed by atoms with Crippen molar-refractivity contribution in [3.8, 4) is 5.75 Å². The minimum absolute atomic E-state index is 0.0153. The highest BCUT2D eigenvalue weighted by Crippen LogP contribution is 2.30. The maximum atomic E-state index is 12.0. The Morgan fingerprint density at radius 3 is 2.59 bits per heavy atom. The quantitative estimate of drug-likeness (QED) is 0.651. The molecule has 0 atom stereocenters. The average molecular weight is 251 g/mol. The zero-order chi connectivity index (χ0) is 13.2.